The van der Waals surface area contributed by atoms with Gasteiger partial charge in [0.2, 0.25) is 0 Å². The number of benzene rings is 1. The van der Waals surface area contributed by atoms with Crippen LogP contribution in [0.15, 0.2) is 18.2 Å². The minimum absolute atomic E-state index is 0. The number of carbonyl (C=O) groups is 2. The second-order valence-electron chi connectivity index (χ2n) is 4.23. The third-order valence-electron chi connectivity index (χ3n) is 2.46. The quantitative estimate of drug-likeness (QED) is 0.883. The Labute approximate surface area is 129 Å². The summed E-state index contributed by atoms with van der Waals surface area (Å²) in [7, 11) is 4.38. The molecule has 1 aromatic carbocycles. The number of methoxy groups -OCH3 is 1. The maximum absolute atomic E-state index is 11.4. The van der Waals surface area contributed by atoms with E-state index in [0.717, 1.165) is 5.56 Å². The van der Waals surface area contributed by atoms with E-state index in [2.05, 4.69) is 10.1 Å². The number of phenols is 1. The molecule has 0 saturated heterocycles. The number of nitrogens with zero attached hydrogens (tertiary/aromatic N) is 1. The van der Waals surface area contributed by atoms with Crippen LogP contribution in [0.3, 0.4) is 0 Å². The Morgan fingerprint density at radius 1 is 1.33 bits per heavy atom. The molecule has 8 heteroatoms. The number of hydrogen-bond donors (Lipinski definition) is 2. The largest absolute Gasteiger partial charge is 0.504 e. The highest BCUT2D eigenvalue weighted by atomic mass is 35.5. The van der Waals surface area contributed by atoms with Gasteiger partial charge in [-0.05, 0) is 24.1 Å². The number of amides is 2. The molecule has 0 aliphatic carbocycles. The van der Waals surface area contributed by atoms with Crippen molar-refractivity contribution in [3.63, 3.8) is 0 Å². The highest BCUT2D eigenvalue weighted by Gasteiger charge is 2.11. The average Bonchev–Trinajstić information content (AvgIpc) is 2.41. The van der Waals surface area contributed by atoms with E-state index < -0.39 is 12.2 Å². The van der Waals surface area contributed by atoms with Gasteiger partial charge < -0.3 is 24.8 Å². The van der Waals surface area contributed by atoms with E-state index in [1.807, 2.05) is 0 Å². The van der Waals surface area contributed by atoms with Gasteiger partial charge in [-0.1, -0.05) is 6.07 Å². The lowest BCUT2D eigenvalue weighted by Crippen LogP contribution is -2.26. The van der Waals surface area contributed by atoms with Crippen molar-refractivity contribution >= 4 is 24.6 Å². The molecule has 118 valence electrons. The molecule has 0 heterocycles. The molecule has 21 heavy (non-hydrogen) atoms. The van der Waals surface area contributed by atoms with Crippen molar-refractivity contribution in [2.75, 3.05) is 27.7 Å². The Bertz CT molecular complexity index is 493. The molecule has 0 bridgehead atoms. The molecular weight excluding hydrogens is 300 g/mol. The molecule has 0 atom stereocenters. The minimum atomic E-state index is -0.579. The maximum Gasteiger partial charge on any atom is 0.414 e. The normalized spacial score (nSPS) is 9.29. The number of aromatic hydroxyl groups is 1. The van der Waals surface area contributed by atoms with Crippen LogP contribution >= 0.6 is 12.4 Å². The summed E-state index contributed by atoms with van der Waals surface area (Å²) in [5.74, 6) is -0.0378. The highest BCUT2D eigenvalue weighted by molar-refractivity contribution is 5.85. The first-order valence-electron chi connectivity index (χ1n) is 5.97. The molecule has 2 amide bonds. The highest BCUT2D eigenvalue weighted by Crippen LogP contribution is 2.27. The fourth-order valence-electron chi connectivity index (χ4n) is 1.36. The van der Waals surface area contributed by atoms with Crippen molar-refractivity contribution in [2.45, 2.75) is 6.42 Å². The lowest BCUT2D eigenvalue weighted by atomic mass is 10.1. The molecule has 0 aromatic heterocycles. The van der Waals surface area contributed by atoms with Gasteiger partial charge in [0, 0.05) is 20.6 Å². The van der Waals surface area contributed by atoms with E-state index in [1.165, 1.54) is 18.1 Å². The van der Waals surface area contributed by atoms with Crippen LogP contribution in [0.5, 0.6) is 11.5 Å². The lowest BCUT2D eigenvalue weighted by Gasteiger charge is -2.12. The molecule has 7 nitrogen and oxygen atoms in total. The number of ether oxygens (including phenoxy) is 2. The summed E-state index contributed by atoms with van der Waals surface area (Å²) < 4.78 is 9.47. The van der Waals surface area contributed by atoms with Gasteiger partial charge in [0.1, 0.15) is 0 Å². The number of nitrogens with one attached hydrogen (secondary N) is 1. The van der Waals surface area contributed by atoms with Crippen LogP contribution in [0.1, 0.15) is 5.56 Å². The minimum Gasteiger partial charge on any atom is -0.504 e. The SMILES string of the molecule is COC(=O)NCCc1ccc(O)c(OC(=O)N(C)C)c1.Cl. The molecule has 0 spiro atoms. The van der Waals surface area contributed by atoms with Crippen LogP contribution in [0.4, 0.5) is 9.59 Å². The third-order valence-corrected chi connectivity index (χ3v) is 2.46. The van der Waals surface area contributed by atoms with Crippen LogP contribution < -0.4 is 10.1 Å². The Balaban J connectivity index is 0.00000400. The molecule has 0 aliphatic rings. The second-order valence-corrected chi connectivity index (χ2v) is 4.23. The molecule has 0 aliphatic heterocycles. The van der Waals surface area contributed by atoms with E-state index in [-0.39, 0.29) is 23.9 Å². The Morgan fingerprint density at radius 2 is 2.00 bits per heavy atom. The van der Waals surface area contributed by atoms with Crippen LogP contribution in [0, 0.1) is 0 Å². The van der Waals surface area contributed by atoms with Gasteiger partial charge >= 0.3 is 12.2 Å². The summed E-state index contributed by atoms with van der Waals surface area (Å²) in [6.45, 7) is 0.374. The number of alkyl carbamates (subject to hydrolysis) is 1. The van der Waals surface area contributed by atoms with E-state index in [4.69, 9.17) is 4.74 Å². The van der Waals surface area contributed by atoms with Gasteiger partial charge in [-0.25, -0.2) is 9.59 Å². The summed E-state index contributed by atoms with van der Waals surface area (Å²) >= 11 is 0. The van der Waals surface area contributed by atoms with Gasteiger partial charge in [-0.15, -0.1) is 12.4 Å². The molecular formula is C13H19ClN2O5. The van der Waals surface area contributed by atoms with Crippen molar-refractivity contribution in [3.05, 3.63) is 23.8 Å². The van der Waals surface area contributed by atoms with Crippen molar-refractivity contribution in [3.8, 4) is 11.5 Å². The maximum atomic E-state index is 11.4. The van der Waals surface area contributed by atoms with Crippen molar-refractivity contribution in [1.82, 2.24) is 10.2 Å². The fraction of sp³-hybridized carbons (Fsp3) is 0.385. The first-order chi connectivity index (χ1) is 9.43. The summed E-state index contributed by atoms with van der Waals surface area (Å²) in [6.07, 6.45) is -0.574. The topological polar surface area (TPSA) is 88.1 Å². The zero-order valence-electron chi connectivity index (χ0n) is 12.1. The molecule has 0 fully saturated rings. The van der Waals surface area contributed by atoms with Crippen molar-refractivity contribution < 1.29 is 24.2 Å². The third kappa shape index (κ3) is 6.22. The van der Waals surface area contributed by atoms with E-state index in [0.29, 0.717) is 13.0 Å². The molecule has 1 aromatic rings. The number of rotatable bonds is 4. The van der Waals surface area contributed by atoms with Gasteiger partial charge in [0.05, 0.1) is 7.11 Å². The summed E-state index contributed by atoms with van der Waals surface area (Å²) in [5.41, 5.74) is 0.806. The van der Waals surface area contributed by atoms with E-state index >= 15 is 0 Å². The second kappa shape index (κ2) is 8.91. The van der Waals surface area contributed by atoms with Gasteiger partial charge in [-0.2, -0.15) is 0 Å². The number of hydrogen-bond acceptors (Lipinski definition) is 5. The zero-order valence-corrected chi connectivity index (χ0v) is 12.9. The summed E-state index contributed by atoms with van der Waals surface area (Å²) in [4.78, 5) is 23.6. The predicted molar refractivity (Wildman–Crippen MR) is 79.2 cm³/mol. The summed E-state index contributed by atoms with van der Waals surface area (Å²) in [5, 5.41) is 12.2. The van der Waals surface area contributed by atoms with Gasteiger partial charge in [0.15, 0.2) is 11.5 Å². The van der Waals surface area contributed by atoms with Gasteiger partial charge in [-0.3, -0.25) is 0 Å². The fourth-order valence-corrected chi connectivity index (χ4v) is 1.36. The molecule has 0 saturated carbocycles. The number of phenolic OH excluding ortho intramolecular Hbond substituents is 1. The predicted octanol–water partition coefficient (Wildman–Crippen LogP) is 1.77. The van der Waals surface area contributed by atoms with Crippen molar-refractivity contribution in [1.29, 1.82) is 0 Å². The number of carbonyl (C=O) groups excluding carboxylic acids is 2. The standard InChI is InChI=1S/C13H18N2O5.ClH/c1-15(2)13(18)20-11-8-9(4-5-10(11)16)6-7-14-12(17)19-3;/h4-5,8,16H,6-7H2,1-3H3,(H,14,17);1H. The zero-order chi connectivity index (χ0) is 15.1. The smallest absolute Gasteiger partial charge is 0.414 e. The molecule has 2 N–H and O–H groups in total. The molecule has 1 rings (SSSR count). The first-order valence-corrected chi connectivity index (χ1v) is 5.97. The Morgan fingerprint density at radius 3 is 2.57 bits per heavy atom. The van der Waals surface area contributed by atoms with Crippen LogP contribution in [0.2, 0.25) is 0 Å². The molecule has 0 radical (unpaired) electrons. The first kappa shape index (κ1) is 18.9. The lowest BCUT2D eigenvalue weighted by molar-refractivity contribution is 0.170. The van der Waals surface area contributed by atoms with Crippen molar-refractivity contribution in [2.24, 2.45) is 0 Å². The monoisotopic (exact) mass is 318 g/mol. The average molecular weight is 319 g/mol. The molecule has 0 unspecified atom stereocenters. The van der Waals surface area contributed by atoms with Crippen LogP contribution in [0.25, 0.3) is 0 Å². The summed E-state index contributed by atoms with van der Waals surface area (Å²) in [6, 6.07) is 4.67. The number of halogens is 1. The van der Waals surface area contributed by atoms with E-state index in [1.54, 1.807) is 26.2 Å². The van der Waals surface area contributed by atoms with Crippen LogP contribution in [-0.2, 0) is 11.2 Å². The Kier molecular flexibility index (Phi) is 8.00. The van der Waals surface area contributed by atoms with Crippen LogP contribution in [-0.4, -0.2) is 49.9 Å². The van der Waals surface area contributed by atoms with E-state index in [9.17, 15) is 14.7 Å². The Hall–Kier alpha value is -2.15. The van der Waals surface area contributed by atoms with Gasteiger partial charge in [0.25, 0.3) is 0 Å².